The first kappa shape index (κ1) is 13.7. The molecule has 1 aromatic carbocycles. The zero-order valence-corrected chi connectivity index (χ0v) is 12.0. The Kier molecular flexibility index (Phi) is 3.94. The number of nitrogens with two attached hydrogens (primary N) is 1. The average Bonchev–Trinajstić information content (AvgIpc) is 2.93. The van der Waals surface area contributed by atoms with E-state index in [1.54, 1.807) is 6.20 Å². The van der Waals surface area contributed by atoms with Crippen molar-refractivity contribution < 1.29 is 0 Å². The molecule has 108 valence electrons. The number of hydrazine groups is 1. The van der Waals surface area contributed by atoms with Crippen molar-refractivity contribution in [3.05, 3.63) is 65.7 Å². The van der Waals surface area contributed by atoms with E-state index in [-0.39, 0.29) is 6.04 Å². The van der Waals surface area contributed by atoms with E-state index in [0.717, 1.165) is 29.5 Å². The van der Waals surface area contributed by atoms with E-state index < -0.39 is 0 Å². The number of nitrogens with zero attached hydrogens (tertiary/aromatic N) is 3. The molecular formula is C16H19N5. The third-order valence-corrected chi connectivity index (χ3v) is 3.66. The summed E-state index contributed by atoms with van der Waals surface area (Å²) >= 11 is 0. The van der Waals surface area contributed by atoms with Crippen LogP contribution in [0.5, 0.6) is 0 Å². The fourth-order valence-electron chi connectivity index (χ4n) is 2.66. The second-order valence-electron chi connectivity index (χ2n) is 5.10. The minimum absolute atomic E-state index is 0.0940. The molecule has 0 saturated heterocycles. The van der Waals surface area contributed by atoms with Gasteiger partial charge in [0.1, 0.15) is 0 Å². The summed E-state index contributed by atoms with van der Waals surface area (Å²) in [7, 11) is 0. The van der Waals surface area contributed by atoms with Gasteiger partial charge in [0.2, 0.25) is 0 Å². The van der Waals surface area contributed by atoms with Gasteiger partial charge in [-0.15, -0.1) is 0 Å². The molecule has 0 fully saturated rings. The number of fused-ring (bicyclic) bond motifs is 1. The van der Waals surface area contributed by atoms with Crippen LogP contribution in [0.1, 0.15) is 36.1 Å². The summed E-state index contributed by atoms with van der Waals surface area (Å²) in [6.45, 7) is 2.18. The van der Waals surface area contributed by atoms with Gasteiger partial charge in [0.15, 0.2) is 0 Å². The first-order valence-corrected chi connectivity index (χ1v) is 7.15. The molecule has 2 heterocycles. The van der Waals surface area contributed by atoms with Gasteiger partial charge in [-0.2, -0.15) is 5.10 Å². The SMILES string of the molecule is CCCc1cccc(C(NN)c2cnn3ccncc23)c1. The third-order valence-electron chi connectivity index (χ3n) is 3.66. The lowest BCUT2D eigenvalue weighted by atomic mass is 9.97. The van der Waals surface area contributed by atoms with E-state index in [4.69, 9.17) is 5.84 Å². The molecule has 0 aliphatic rings. The van der Waals surface area contributed by atoms with Crippen LogP contribution in [0.4, 0.5) is 0 Å². The fourth-order valence-corrected chi connectivity index (χ4v) is 2.66. The van der Waals surface area contributed by atoms with Crippen LogP contribution in [-0.4, -0.2) is 14.6 Å². The average molecular weight is 281 g/mol. The highest BCUT2D eigenvalue weighted by molar-refractivity contribution is 5.55. The van der Waals surface area contributed by atoms with Crippen molar-refractivity contribution in [3.8, 4) is 0 Å². The fraction of sp³-hybridized carbons (Fsp3) is 0.250. The molecule has 0 aliphatic carbocycles. The summed E-state index contributed by atoms with van der Waals surface area (Å²) in [4.78, 5) is 4.17. The highest BCUT2D eigenvalue weighted by Gasteiger charge is 2.17. The molecular weight excluding hydrogens is 262 g/mol. The number of nitrogens with one attached hydrogen (secondary N) is 1. The predicted molar refractivity (Wildman–Crippen MR) is 82.6 cm³/mol. The van der Waals surface area contributed by atoms with Crippen LogP contribution in [0.3, 0.4) is 0 Å². The summed E-state index contributed by atoms with van der Waals surface area (Å²) in [5.74, 6) is 5.80. The predicted octanol–water partition coefficient (Wildman–Crippen LogP) is 2.23. The quantitative estimate of drug-likeness (QED) is 0.556. The lowest BCUT2D eigenvalue weighted by Crippen LogP contribution is -2.28. The standard InChI is InChI=1S/C16H19N5/c1-2-4-12-5-3-6-13(9-12)16(20-17)14-10-19-21-8-7-18-11-15(14)21/h3,5-11,16,20H,2,4,17H2,1H3. The highest BCUT2D eigenvalue weighted by Crippen LogP contribution is 2.25. The maximum absolute atomic E-state index is 5.80. The van der Waals surface area contributed by atoms with Gasteiger partial charge >= 0.3 is 0 Å². The monoisotopic (exact) mass is 281 g/mol. The molecule has 5 heteroatoms. The van der Waals surface area contributed by atoms with Gasteiger partial charge in [0.25, 0.3) is 0 Å². The minimum Gasteiger partial charge on any atom is -0.271 e. The van der Waals surface area contributed by atoms with Gasteiger partial charge in [-0.25, -0.2) is 9.94 Å². The smallest absolute Gasteiger partial charge is 0.0896 e. The van der Waals surface area contributed by atoms with Crippen LogP contribution in [0.25, 0.3) is 5.52 Å². The van der Waals surface area contributed by atoms with Crippen LogP contribution >= 0.6 is 0 Å². The highest BCUT2D eigenvalue weighted by atomic mass is 15.3. The molecule has 3 aromatic rings. The van der Waals surface area contributed by atoms with Gasteiger partial charge in [-0.1, -0.05) is 37.6 Å². The van der Waals surface area contributed by atoms with E-state index in [1.807, 2.05) is 23.1 Å². The molecule has 0 bridgehead atoms. The Hall–Kier alpha value is -2.24. The number of hydrogen-bond acceptors (Lipinski definition) is 4. The Labute approximate surface area is 123 Å². The minimum atomic E-state index is -0.0940. The van der Waals surface area contributed by atoms with Crippen molar-refractivity contribution in [3.63, 3.8) is 0 Å². The molecule has 3 rings (SSSR count). The van der Waals surface area contributed by atoms with E-state index >= 15 is 0 Å². The zero-order chi connectivity index (χ0) is 14.7. The number of aromatic nitrogens is 3. The molecule has 5 nitrogen and oxygen atoms in total. The largest absolute Gasteiger partial charge is 0.271 e. The third kappa shape index (κ3) is 2.66. The molecule has 21 heavy (non-hydrogen) atoms. The molecule has 1 atom stereocenters. The molecule has 3 N–H and O–H groups in total. The van der Waals surface area contributed by atoms with Crippen molar-refractivity contribution >= 4 is 5.52 Å². The zero-order valence-electron chi connectivity index (χ0n) is 12.0. The van der Waals surface area contributed by atoms with Gasteiger partial charge in [-0.3, -0.25) is 10.8 Å². The molecule has 0 radical (unpaired) electrons. The Balaban J connectivity index is 2.03. The van der Waals surface area contributed by atoms with Crippen molar-refractivity contribution in [1.82, 2.24) is 20.0 Å². The molecule has 0 saturated carbocycles. The van der Waals surface area contributed by atoms with Crippen LogP contribution in [0, 0.1) is 0 Å². The van der Waals surface area contributed by atoms with Crippen LogP contribution < -0.4 is 11.3 Å². The van der Waals surface area contributed by atoms with E-state index in [2.05, 4.69) is 46.7 Å². The van der Waals surface area contributed by atoms with Crippen LogP contribution in [-0.2, 0) is 6.42 Å². The second-order valence-corrected chi connectivity index (χ2v) is 5.10. The summed E-state index contributed by atoms with van der Waals surface area (Å²) in [5, 5.41) is 4.35. The van der Waals surface area contributed by atoms with E-state index in [0.29, 0.717) is 0 Å². The Bertz CT molecular complexity index is 734. The maximum atomic E-state index is 5.80. The molecule has 2 aromatic heterocycles. The number of benzene rings is 1. The molecule has 0 amide bonds. The first-order chi connectivity index (χ1) is 10.3. The van der Waals surface area contributed by atoms with E-state index in [9.17, 15) is 0 Å². The lowest BCUT2D eigenvalue weighted by Gasteiger charge is -2.16. The van der Waals surface area contributed by atoms with Crippen molar-refractivity contribution in [1.29, 1.82) is 0 Å². The van der Waals surface area contributed by atoms with Crippen molar-refractivity contribution in [2.45, 2.75) is 25.8 Å². The van der Waals surface area contributed by atoms with Gasteiger partial charge < -0.3 is 0 Å². The summed E-state index contributed by atoms with van der Waals surface area (Å²) < 4.78 is 1.81. The van der Waals surface area contributed by atoms with E-state index in [1.165, 1.54) is 5.56 Å². The van der Waals surface area contributed by atoms with Gasteiger partial charge in [0, 0.05) is 18.0 Å². The van der Waals surface area contributed by atoms with Crippen LogP contribution in [0.15, 0.2) is 49.1 Å². The van der Waals surface area contributed by atoms with Crippen molar-refractivity contribution in [2.75, 3.05) is 0 Å². The summed E-state index contributed by atoms with van der Waals surface area (Å²) in [6.07, 6.45) is 9.40. The molecule has 0 aliphatic heterocycles. The molecule has 0 spiro atoms. The Morgan fingerprint density at radius 3 is 3.05 bits per heavy atom. The summed E-state index contributed by atoms with van der Waals surface area (Å²) in [6, 6.07) is 8.42. The number of aryl methyl sites for hydroxylation is 1. The topological polar surface area (TPSA) is 68.2 Å². The second kappa shape index (κ2) is 6.03. The normalized spacial score (nSPS) is 12.7. The van der Waals surface area contributed by atoms with Gasteiger partial charge in [-0.05, 0) is 17.5 Å². The maximum Gasteiger partial charge on any atom is 0.0896 e. The Morgan fingerprint density at radius 1 is 1.33 bits per heavy atom. The van der Waals surface area contributed by atoms with Gasteiger partial charge in [0.05, 0.1) is 24.0 Å². The molecule has 1 unspecified atom stereocenters. The summed E-state index contributed by atoms with van der Waals surface area (Å²) in [5.41, 5.74) is 7.35. The Morgan fingerprint density at radius 2 is 2.24 bits per heavy atom. The number of hydrogen-bond donors (Lipinski definition) is 2. The van der Waals surface area contributed by atoms with Crippen LogP contribution in [0.2, 0.25) is 0 Å². The lowest BCUT2D eigenvalue weighted by molar-refractivity contribution is 0.639. The number of rotatable bonds is 5. The van der Waals surface area contributed by atoms with Crippen molar-refractivity contribution in [2.24, 2.45) is 5.84 Å². The first-order valence-electron chi connectivity index (χ1n) is 7.15.